The summed E-state index contributed by atoms with van der Waals surface area (Å²) in [5, 5.41) is 11.9. The minimum absolute atomic E-state index is 0.0107. The van der Waals surface area contributed by atoms with E-state index < -0.39 is 5.60 Å². The van der Waals surface area contributed by atoms with Gasteiger partial charge in [0.1, 0.15) is 5.60 Å². The number of rotatable bonds is 6. The first-order chi connectivity index (χ1) is 16.1. The number of nitrogens with one attached hydrogen (secondary N) is 1. The summed E-state index contributed by atoms with van der Waals surface area (Å²) in [6, 6.07) is 6.99. The summed E-state index contributed by atoms with van der Waals surface area (Å²) >= 11 is 6.35. The molecule has 2 heterocycles. The van der Waals surface area contributed by atoms with E-state index in [9.17, 15) is 9.59 Å². The fourth-order valence-electron chi connectivity index (χ4n) is 3.58. The normalized spacial score (nSPS) is 14.1. The topological polar surface area (TPSA) is 121 Å². The summed E-state index contributed by atoms with van der Waals surface area (Å²) in [6.45, 7) is 8.18. The monoisotopic (exact) mass is 489 g/mol. The zero-order valence-electron chi connectivity index (χ0n) is 19.8. The number of piperazine rings is 1. The number of aliphatic hydroxyl groups excluding tert-OH is 1. The van der Waals surface area contributed by atoms with E-state index in [0.717, 1.165) is 11.1 Å². The van der Waals surface area contributed by atoms with Crippen molar-refractivity contribution in [3.8, 4) is 11.1 Å². The second kappa shape index (κ2) is 10.9. The highest BCUT2D eigenvalue weighted by Crippen LogP contribution is 2.30. The van der Waals surface area contributed by atoms with Gasteiger partial charge in [-0.15, -0.1) is 0 Å². The molecule has 9 nitrogen and oxygen atoms in total. The molecule has 1 fully saturated rings. The molecule has 1 aliphatic heterocycles. The molecule has 2 amide bonds. The van der Waals surface area contributed by atoms with Crippen LogP contribution in [0.3, 0.4) is 0 Å². The third-order valence-electron chi connectivity index (χ3n) is 5.29. The first-order valence-electron chi connectivity index (χ1n) is 11.3. The number of carbonyl (C=O) groups is 2. The number of benzene rings is 1. The number of nitrogen functional groups attached to an aromatic ring is 1. The summed E-state index contributed by atoms with van der Waals surface area (Å²) in [5.74, 6) is 0.377. The number of anilines is 2. The number of pyridine rings is 1. The van der Waals surface area contributed by atoms with Gasteiger partial charge < -0.3 is 30.7 Å². The number of carbonyl (C=O) groups excluding carboxylic acids is 2. The highest BCUT2D eigenvalue weighted by molar-refractivity contribution is 6.34. The maximum Gasteiger partial charge on any atom is 0.410 e. The molecular weight excluding hydrogens is 458 g/mol. The Morgan fingerprint density at radius 1 is 1.18 bits per heavy atom. The third-order valence-corrected chi connectivity index (χ3v) is 5.61. The van der Waals surface area contributed by atoms with Gasteiger partial charge in [-0.1, -0.05) is 17.7 Å². The molecule has 184 valence electrons. The van der Waals surface area contributed by atoms with Gasteiger partial charge in [0.05, 0.1) is 16.3 Å². The van der Waals surface area contributed by atoms with Gasteiger partial charge in [-0.25, -0.2) is 9.78 Å². The smallest absolute Gasteiger partial charge is 0.410 e. The quantitative estimate of drug-likeness (QED) is 0.533. The largest absolute Gasteiger partial charge is 0.444 e. The van der Waals surface area contributed by atoms with Gasteiger partial charge >= 0.3 is 6.09 Å². The number of hydrogen-bond acceptors (Lipinski definition) is 7. The Bertz CT molecular complexity index is 1030. The van der Waals surface area contributed by atoms with E-state index in [1.807, 2.05) is 31.7 Å². The highest BCUT2D eigenvalue weighted by atomic mass is 35.5. The summed E-state index contributed by atoms with van der Waals surface area (Å²) in [6.07, 6.45) is 1.89. The highest BCUT2D eigenvalue weighted by Gasteiger charge is 2.27. The maximum absolute atomic E-state index is 12.3. The Morgan fingerprint density at radius 3 is 2.47 bits per heavy atom. The molecule has 10 heteroatoms. The van der Waals surface area contributed by atoms with Crippen LogP contribution in [0.2, 0.25) is 5.02 Å². The van der Waals surface area contributed by atoms with Crippen LogP contribution in [-0.2, 0) is 4.74 Å². The summed E-state index contributed by atoms with van der Waals surface area (Å²) in [5.41, 5.74) is 8.25. The number of halogens is 1. The van der Waals surface area contributed by atoms with Crippen molar-refractivity contribution in [2.45, 2.75) is 32.8 Å². The van der Waals surface area contributed by atoms with Gasteiger partial charge in [-0.3, -0.25) is 4.79 Å². The predicted octanol–water partition coefficient (Wildman–Crippen LogP) is 3.15. The first-order valence-corrected chi connectivity index (χ1v) is 11.6. The Hall–Kier alpha value is -3.04. The van der Waals surface area contributed by atoms with Crippen LogP contribution in [-0.4, -0.2) is 71.9 Å². The Labute approximate surface area is 204 Å². The number of ether oxygens (including phenoxy) is 1. The number of amides is 2. The Morgan fingerprint density at radius 2 is 1.88 bits per heavy atom. The molecule has 0 aliphatic carbocycles. The fourth-order valence-corrected chi connectivity index (χ4v) is 3.85. The molecule has 0 saturated carbocycles. The lowest BCUT2D eigenvalue weighted by atomic mass is 10.0. The standard InChI is InChI=1S/C24H32ClN5O4/c1-24(2,3)34-23(33)30-10-8-29(9-11-30)21-20(26)14-17(15-28-21)16-5-6-18(19(25)13-16)22(32)27-7-4-12-31/h5-6,13-15,31H,4,7-12,26H2,1-3H3,(H,27,32). The molecule has 1 aromatic carbocycles. The van der Waals surface area contributed by atoms with E-state index in [2.05, 4.69) is 10.3 Å². The van der Waals surface area contributed by atoms with E-state index in [1.54, 1.807) is 29.3 Å². The number of aromatic nitrogens is 1. The SMILES string of the molecule is CC(C)(C)OC(=O)N1CCN(c2ncc(-c3ccc(C(=O)NCCCO)c(Cl)c3)cc2N)CC1. The van der Waals surface area contributed by atoms with Crippen LogP contribution in [0.25, 0.3) is 11.1 Å². The zero-order chi connectivity index (χ0) is 24.9. The lowest BCUT2D eigenvalue weighted by Gasteiger charge is -2.36. The van der Waals surface area contributed by atoms with Gasteiger partial charge in [0.25, 0.3) is 5.91 Å². The van der Waals surface area contributed by atoms with Crippen molar-refractivity contribution in [1.29, 1.82) is 0 Å². The van der Waals surface area contributed by atoms with Crippen LogP contribution < -0.4 is 16.0 Å². The van der Waals surface area contributed by atoms with Gasteiger partial charge in [-0.2, -0.15) is 0 Å². The van der Waals surface area contributed by atoms with Crippen molar-refractivity contribution in [3.05, 3.63) is 41.0 Å². The van der Waals surface area contributed by atoms with Crippen LogP contribution >= 0.6 is 11.6 Å². The second-order valence-corrected chi connectivity index (χ2v) is 9.53. The fraction of sp³-hybridized carbons (Fsp3) is 0.458. The predicted molar refractivity (Wildman–Crippen MR) is 133 cm³/mol. The molecule has 0 atom stereocenters. The van der Waals surface area contributed by atoms with E-state index in [-0.39, 0.29) is 18.6 Å². The number of aliphatic hydroxyl groups is 1. The molecule has 34 heavy (non-hydrogen) atoms. The summed E-state index contributed by atoms with van der Waals surface area (Å²) < 4.78 is 5.45. The van der Waals surface area contributed by atoms with Crippen molar-refractivity contribution >= 4 is 35.1 Å². The average Bonchev–Trinajstić information content (AvgIpc) is 2.78. The molecule has 2 aromatic rings. The van der Waals surface area contributed by atoms with Gasteiger partial charge in [0.2, 0.25) is 0 Å². The molecule has 0 spiro atoms. The molecule has 3 rings (SSSR count). The van der Waals surface area contributed by atoms with E-state index >= 15 is 0 Å². The molecule has 0 bridgehead atoms. The lowest BCUT2D eigenvalue weighted by Crippen LogP contribution is -2.50. The van der Waals surface area contributed by atoms with Crippen LogP contribution in [0.1, 0.15) is 37.6 Å². The molecule has 1 aliphatic rings. The third kappa shape index (κ3) is 6.51. The lowest BCUT2D eigenvalue weighted by molar-refractivity contribution is 0.0240. The van der Waals surface area contributed by atoms with E-state index in [4.69, 9.17) is 27.2 Å². The molecule has 1 aromatic heterocycles. The van der Waals surface area contributed by atoms with Crippen molar-refractivity contribution < 1.29 is 19.4 Å². The van der Waals surface area contributed by atoms with Crippen LogP contribution in [0.5, 0.6) is 0 Å². The second-order valence-electron chi connectivity index (χ2n) is 9.12. The summed E-state index contributed by atoms with van der Waals surface area (Å²) in [4.78, 5) is 32.8. The van der Waals surface area contributed by atoms with Gasteiger partial charge in [-0.05, 0) is 51.0 Å². The number of hydrogen-bond donors (Lipinski definition) is 3. The maximum atomic E-state index is 12.3. The number of nitrogens with two attached hydrogens (primary N) is 1. The van der Waals surface area contributed by atoms with Gasteiger partial charge in [0.15, 0.2) is 5.82 Å². The first kappa shape index (κ1) is 25.6. The summed E-state index contributed by atoms with van der Waals surface area (Å²) in [7, 11) is 0. The van der Waals surface area contributed by atoms with Gasteiger partial charge in [0, 0.05) is 51.1 Å². The van der Waals surface area contributed by atoms with E-state index in [1.165, 1.54) is 0 Å². The van der Waals surface area contributed by atoms with Crippen LogP contribution in [0.15, 0.2) is 30.5 Å². The van der Waals surface area contributed by atoms with Crippen molar-refractivity contribution in [3.63, 3.8) is 0 Å². The van der Waals surface area contributed by atoms with Crippen molar-refractivity contribution in [2.24, 2.45) is 0 Å². The molecule has 4 N–H and O–H groups in total. The number of nitrogens with zero attached hydrogens (tertiary/aromatic N) is 3. The van der Waals surface area contributed by atoms with E-state index in [0.29, 0.717) is 61.2 Å². The minimum Gasteiger partial charge on any atom is -0.444 e. The molecular formula is C24H32ClN5O4. The van der Waals surface area contributed by atoms with Crippen LogP contribution in [0.4, 0.5) is 16.3 Å². The molecule has 0 unspecified atom stereocenters. The van der Waals surface area contributed by atoms with Crippen molar-refractivity contribution in [2.75, 3.05) is 50.0 Å². The molecule has 1 saturated heterocycles. The Kier molecular flexibility index (Phi) is 8.22. The molecule has 0 radical (unpaired) electrons. The zero-order valence-corrected chi connectivity index (χ0v) is 20.6. The van der Waals surface area contributed by atoms with Crippen LogP contribution in [0, 0.1) is 0 Å². The van der Waals surface area contributed by atoms with Crippen molar-refractivity contribution in [1.82, 2.24) is 15.2 Å². The average molecular weight is 490 g/mol. The Balaban J connectivity index is 1.66. The minimum atomic E-state index is -0.527.